The second-order valence-corrected chi connectivity index (χ2v) is 3.96. The third-order valence-electron chi connectivity index (χ3n) is 2.88. The zero-order chi connectivity index (χ0) is 11.4. The Bertz CT molecular complexity index is 351. The van der Waals surface area contributed by atoms with Gasteiger partial charge in [0, 0.05) is 18.3 Å². The fourth-order valence-electron chi connectivity index (χ4n) is 1.66. The molecule has 4 heteroatoms. The lowest BCUT2D eigenvalue weighted by Gasteiger charge is -2.14. The molecule has 16 heavy (non-hydrogen) atoms. The molecule has 0 saturated heterocycles. The summed E-state index contributed by atoms with van der Waals surface area (Å²) in [5.41, 5.74) is 6.70. The van der Waals surface area contributed by atoms with E-state index in [1.54, 1.807) is 0 Å². The van der Waals surface area contributed by atoms with E-state index in [-0.39, 0.29) is 0 Å². The maximum absolute atomic E-state index is 5.65. The van der Waals surface area contributed by atoms with Crippen LogP contribution in [0.2, 0.25) is 0 Å². The third-order valence-corrected chi connectivity index (χ3v) is 2.88. The molecule has 1 aliphatic rings. The van der Waals surface area contributed by atoms with E-state index in [9.17, 15) is 0 Å². The number of ether oxygens (including phenoxy) is 2. The van der Waals surface area contributed by atoms with E-state index in [2.05, 4.69) is 12.2 Å². The van der Waals surface area contributed by atoms with E-state index in [4.69, 9.17) is 15.2 Å². The quantitative estimate of drug-likeness (QED) is 0.797. The zero-order valence-electron chi connectivity index (χ0n) is 9.53. The number of rotatable bonds is 5. The standard InChI is InChI=1S/C12H18N2O2/c1-2-9(6-13)7-14-10-3-4-11-12(5-10)16-8-15-11/h3-5,9,14H,2,6-8,13H2,1H3. The molecule has 0 spiro atoms. The molecule has 0 radical (unpaired) electrons. The average Bonchev–Trinajstić information content (AvgIpc) is 2.77. The van der Waals surface area contributed by atoms with Gasteiger partial charge in [-0.05, 0) is 24.6 Å². The summed E-state index contributed by atoms with van der Waals surface area (Å²) >= 11 is 0. The molecule has 1 unspecified atom stereocenters. The van der Waals surface area contributed by atoms with Crippen molar-refractivity contribution in [1.29, 1.82) is 0 Å². The molecule has 0 aliphatic carbocycles. The number of hydrogen-bond acceptors (Lipinski definition) is 4. The maximum atomic E-state index is 5.65. The maximum Gasteiger partial charge on any atom is 0.231 e. The lowest BCUT2D eigenvalue weighted by Crippen LogP contribution is -2.21. The van der Waals surface area contributed by atoms with E-state index in [0.717, 1.165) is 30.2 Å². The molecule has 1 aromatic carbocycles. The van der Waals surface area contributed by atoms with Gasteiger partial charge < -0.3 is 20.5 Å². The fraction of sp³-hybridized carbons (Fsp3) is 0.500. The normalized spacial score (nSPS) is 14.9. The van der Waals surface area contributed by atoms with Gasteiger partial charge in [0.15, 0.2) is 11.5 Å². The molecule has 0 saturated carbocycles. The highest BCUT2D eigenvalue weighted by molar-refractivity contribution is 5.55. The molecule has 0 fully saturated rings. The van der Waals surface area contributed by atoms with E-state index in [1.807, 2.05) is 18.2 Å². The Hall–Kier alpha value is -1.42. The van der Waals surface area contributed by atoms with E-state index >= 15 is 0 Å². The summed E-state index contributed by atoms with van der Waals surface area (Å²) < 4.78 is 10.6. The molecule has 1 atom stereocenters. The van der Waals surface area contributed by atoms with Gasteiger partial charge in [-0.1, -0.05) is 13.3 Å². The van der Waals surface area contributed by atoms with E-state index < -0.39 is 0 Å². The van der Waals surface area contributed by atoms with Crippen molar-refractivity contribution in [3.63, 3.8) is 0 Å². The first-order valence-electron chi connectivity index (χ1n) is 5.67. The van der Waals surface area contributed by atoms with Gasteiger partial charge in [0.2, 0.25) is 6.79 Å². The molecule has 0 amide bonds. The summed E-state index contributed by atoms with van der Waals surface area (Å²) in [5, 5.41) is 3.36. The van der Waals surface area contributed by atoms with Gasteiger partial charge in [-0.2, -0.15) is 0 Å². The Kier molecular flexibility index (Phi) is 3.51. The van der Waals surface area contributed by atoms with Gasteiger partial charge in [0.25, 0.3) is 0 Å². The molecular formula is C12H18N2O2. The fourth-order valence-corrected chi connectivity index (χ4v) is 1.66. The lowest BCUT2D eigenvalue weighted by molar-refractivity contribution is 0.174. The van der Waals surface area contributed by atoms with Crippen LogP contribution in [0.1, 0.15) is 13.3 Å². The predicted molar refractivity (Wildman–Crippen MR) is 63.9 cm³/mol. The van der Waals surface area contributed by atoms with Crippen molar-refractivity contribution in [3.8, 4) is 11.5 Å². The van der Waals surface area contributed by atoms with Gasteiger partial charge >= 0.3 is 0 Å². The van der Waals surface area contributed by atoms with Crippen molar-refractivity contribution in [2.75, 3.05) is 25.2 Å². The van der Waals surface area contributed by atoms with Crippen molar-refractivity contribution in [1.82, 2.24) is 0 Å². The van der Waals surface area contributed by atoms with E-state index in [0.29, 0.717) is 19.3 Å². The minimum absolute atomic E-state index is 0.319. The summed E-state index contributed by atoms with van der Waals surface area (Å²) in [4.78, 5) is 0. The van der Waals surface area contributed by atoms with Gasteiger partial charge in [-0.25, -0.2) is 0 Å². The first-order valence-corrected chi connectivity index (χ1v) is 5.67. The highest BCUT2D eigenvalue weighted by atomic mass is 16.7. The summed E-state index contributed by atoms with van der Waals surface area (Å²) in [6, 6.07) is 5.89. The van der Waals surface area contributed by atoms with Crippen LogP contribution < -0.4 is 20.5 Å². The van der Waals surface area contributed by atoms with Crippen molar-refractivity contribution in [2.24, 2.45) is 11.7 Å². The van der Waals surface area contributed by atoms with Crippen LogP contribution in [-0.2, 0) is 0 Å². The Morgan fingerprint density at radius 3 is 2.94 bits per heavy atom. The number of anilines is 1. The summed E-state index contributed by atoms with van der Waals surface area (Å²) in [6.07, 6.45) is 1.09. The van der Waals surface area contributed by atoms with Crippen LogP contribution in [0.4, 0.5) is 5.69 Å². The summed E-state index contributed by atoms with van der Waals surface area (Å²) in [7, 11) is 0. The SMILES string of the molecule is CCC(CN)CNc1ccc2c(c1)OCO2. The van der Waals surface area contributed by atoms with Gasteiger partial charge in [-0.3, -0.25) is 0 Å². The molecular weight excluding hydrogens is 204 g/mol. The zero-order valence-corrected chi connectivity index (χ0v) is 9.53. The smallest absolute Gasteiger partial charge is 0.231 e. The number of hydrogen-bond donors (Lipinski definition) is 2. The molecule has 1 aliphatic heterocycles. The largest absolute Gasteiger partial charge is 0.454 e. The van der Waals surface area contributed by atoms with Crippen LogP contribution in [0.25, 0.3) is 0 Å². The third kappa shape index (κ3) is 2.39. The average molecular weight is 222 g/mol. The summed E-state index contributed by atoms with van der Waals surface area (Å²) in [5.74, 6) is 2.15. The van der Waals surface area contributed by atoms with Crippen molar-refractivity contribution < 1.29 is 9.47 Å². The molecule has 2 rings (SSSR count). The first kappa shape index (κ1) is 11.1. The Morgan fingerprint density at radius 1 is 1.38 bits per heavy atom. The van der Waals surface area contributed by atoms with Crippen molar-refractivity contribution >= 4 is 5.69 Å². The molecule has 0 aromatic heterocycles. The molecule has 1 aromatic rings. The van der Waals surface area contributed by atoms with Crippen molar-refractivity contribution in [3.05, 3.63) is 18.2 Å². The topological polar surface area (TPSA) is 56.5 Å². The number of nitrogens with two attached hydrogens (primary N) is 1. The second-order valence-electron chi connectivity index (χ2n) is 3.96. The molecule has 0 bridgehead atoms. The van der Waals surface area contributed by atoms with Crippen molar-refractivity contribution in [2.45, 2.75) is 13.3 Å². The summed E-state index contributed by atoms with van der Waals surface area (Å²) in [6.45, 7) is 4.08. The number of nitrogens with one attached hydrogen (secondary N) is 1. The van der Waals surface area contributed by atoms with Gasteiger partial charge in [0.1, 0.15) is 0 Å². The highest BCUT2D eigenvalue weighted by Gasteiger charge is 2.13. The van der Waals surface area contributed by atoms with Crippen LogP contribution in [0.5, 0.6) is 11.5 Å². The Morgan fingerprint density at radius 2 is 2.19 bits per heavy atom. The first-order chi connectivity index (χ1) is 7.83. The monoisotopic (exact) mass is 222 g/mol. The molecule has 88 valence electrons. The molecule has 4 nitrogen and oxygen atoms in total. The Balaban J connectivity index is 1.95. The van der Waals surface area contributed by atoms with Crippen LogP contribution in [0.15, 0.2) is 18.2 Å². The lowest BCUT2D eigenvalue weighted by atomic mass is 10.1. The van der Waals surface area contributed by atoms with Crippen LogP contribution in [-0.4, -0.2) is 19.9 Å². The van der Waals surface area contributed by atoms with Crippen LogP contribution in [0, 0.1) is 5.92 Å². The number of fused-ring (bicyclic) bond motifs is 1. The minimum Gasteiger partial charge on any atom is -0.454 e. The van der Waals surface area contributed by atoms with E-state index in [1.165, 1.54) is 0 Å². The van der Waals surface area contributed by atoms with Crippen LogP contribution in [0.3, 0.4) is 0 Å². The highest BCUT2D eigenvalue weighted by Crippen LogP contribution is 2.34. The second kappa shape index (κ2) is 5.07. The van der Waals surface area contributed by atoms with Crippen LogP contribution >= 0.6 is 0 Å². The Labute approximate surface area is 95.7 Å². The minimum atomic E-state index is 0.319. The molecule has 1 heterocycles. The van der Waals surface area contributed by atoms with Gasteiger partial charge in [-0.15, -0.1) is 0 Å². The number of benzene rings is 1. The van der Waals surface area contributed by atoms with Gasteiger partial charge in [0.05, 0.1) is 0 Å². The molecule has 3 N–H and O–H groups in total. The predicted octanol–water partition coefficient (Wildman–Crippen LogP) is 1.81.